The van der Waals surface area contributed by atoms with Crippen molar-refractivity contribution in [2.24, 2.45) is 5.92 Å². The van der Waals surface area contributed by atoms with E-state index >= 15 is 0 Å². The van der Waals surface area contributed by atoms with Gasteiger partial charge < -0.3 is 10.0 Å². The molecule has 102 valence electrons. The van der Waals surface area contributed by atoms with Crippen molar-refractivity contribution in [1.29, 1.82) is 0 Å². The van der Waals surface area contributed by atoms with Gasteiger partial charge in [0, 0.05) is 12.1 Å². The zero-order valence-electron chi connectivity index (χ0n) is 10.1. The third-order valence-corrected chi connectivity index (χ3v) is 3.56. The lowest BCUT2D eigenvalue weighted by Gasteiger charge is -2.20. The number of rotatable bonds is 5. The predicted molar refractivity (Wildman–Crippen MR) is 70.4 cm³/mol. The Bertz CT molecular complexity index is 517. The second kappa shape index (κ2) is 5.69. The maximum Gasteiger partial charge on any atom is 0.323 e. The van der Waals surface area contributed by atoms with E-state index in [9.17, 15) is 14.0 Å². The van der Waals surface area contributed by atoms with E-state index in [1.807, 2.05) is 0 Å². The van der Waals surface area contributed by atoms with Crippen LogP contribution in [0.5, 0.6) is 0 Å². The van der Waals surface area contributed by atoms with Crippen LogP contribution in [0.25, 0.3) is 0 Å². The molecule has 19 heavy (non-hydrogen) atoms. The van der Waals surface area contributed by atoms with Gasteiger partial charge in [0.2, 0.25) is 0 Å². The highest BCUT2D eigenvalue weighted by atomic mass is 79.9. The highest BCUT2D eigenvalue weighted by Crippen LogP contribution is 2.30. The molecule has 0 aliphatic heterocycles. The number of carboxylic acid groups (broad SMARTS) is 1. The van der Waals surface area contributed by atoms with Crippen molar-refractivity contribution >= 4 is 27.8 Å². The van der Waals surface area contributed by atoms with Gasteiger partial charge >= 0.3 is 5.97 Å². The molecule has 1 aliphatic carbocycles. The Morgan fingerprint density at radius 3 is 2.63 bits per heavy atom. The Morgan fingerprint density at radius 2 is 2.11 bits per heavy atom. The lowest BCUT2D eigenvalue weighted by Crippen LogP contribution is -2.37. The monoisotopic (exact) mass is 329 g/mol. The van der Waals surface area contributed by atoms with Crippen LogP contribution in [0.1, 0.15) is 23.2 Å². The average Bonchev–Trinajstić information content (AvgIpc) is 3.14. The van der Waals surface area contributed by atoms with E-state index in [4.69, 9.17) is 5.11 Å². The highest BCUT2D eigenvalue weighted by molar-refractivity contribution is 9.10. The molecule has 0 spiro atoms. The number of nitrogens with zero attached hydrogens (tertiary/aromatic N) is 1. The van der Waals surface area contributed by atoms with Crippen LogP contribution >= 0.6 is 15.9 Å². The number of carbonyl (C=O) groups excluding carboxylic acids is 1. The summed E-state index contributed by atoms with van der Waals surface area (Å²) >= 11 is 3.02. The fourth-order valence-corrected chi connectivity index (χ4v) is 2.19. The molecule has 0 atom stereocenters. The topological polar surface area (TPSA) is 57.6 Å². The van der Waals surface area contributed by atoms with Crippen molar-refractivity contribution in [3.05, 3.63) is 34.1 Å². The average molecular weight is 330 g/mol. The molecule has 1 saturated carbocycles. The number of amides is 1. The van der Waals surface area contributed by atoms with Crippen molar-refractivity contribution in [2.75, 3.05) is 13.1 Å². The van der Waals surface area contributed by atoms with Crippen molar-refractivity contribution in [3.8, 4) is 0 Å². The smallest absolute Gasteiger partial charge is 0.323 e. The van der Waals surface area contributed by atoms with Crippen molar-refractivity contribution in [3.63, 3.8) is 0 Å². The summed E-state index contributed by atoms with van der Waals surface area (Å²) in [4.78, 5) is 24.3. The first-order chi connectivity index (χ1) is 8.97. The van der Waals surface area contributed by atoms with Crippen LogP contribution in [0.3, 0.4) is 0 Å². The van der Waals surface area contributed by atoms with E-state index in [0.29, 0.717) is 12.5 Å². The molecule has 0 heterocycles. The molecule has 1 amide bonds. The van der Waals surface area contributed by atoms with Gasteiger partial charge in [-0.3, -0.25) is 9.59 Å². The SMILES string of the molecule is O=C(O)CN(CC1CC1)C(=O)c1ccc(F)c(Br)c1. The largest absolute Gasteiger partial charge is 0.480 e. The third-order valence-electron chi connectivity index (χ3n) is 2.96. The first-order valence-corrected chi connectivity index (χ1v) is 6.73. The summed E-state index contributed by atoms with van der Waals surface area (Å²) in [6, 6.07) is 3.93. The van der Waals surface area contributed by atoms with Crippen molar-refractivity contribution in [1.82, 2.24) is 4.90 Å². The van der Waals surface area contributed by atoms with Crippen LogP contribution in [0.15, 0.2) is 22.7 Å². The second-order valence-corrected chi connectivity index (χ2v) is 5.51. The normalized spacial score (nSPS) is 14.2. The molecule has 1 aromatic carbocycles. The summed E-state index contributed by atoms with van der Waals surface area (Å²) in [6.45, 7) is 0.116. The summed E-state index contributed by atoms with van der Waals surface area (Å²) < 4.78 is 13.3. The number of hydrogen-bond donors (Lipinski definition) is 1. The second-order valence-electron chi connectivity index (χ2n) is 4.65. The molecule has 1 aliphatic rings. The van der Waals surface area contributed by atoms with Crippen LogP contribution in [0.4, 0.5) is 4.39 Å². The van der Waals surface area contributed by atoms with Gasteiger partial charge in [-0.25, -0.2) is 4.39 Å². The molecule has 1 fully saturated rings. The van der Waals surface area contributed by atoms with Gasteiger partial charge in [-0.2, -0.15) is 0 Å². The standard InChI is InChI=1S/C13H13BrFNO3/c14-10-5-9(3-4-11(10)15)13(19)16(7-12(17)18)6-8-1-2-8/h3-5,8H,1-2,6-7H2,(H,17,18). The fraction of sp³-hybridized carbons (Fsp3) is 0.385. The van der Waals surface area contributed by atoms with E-state index in [2.05, 4.69) is 15.9 Å². The van der Waals surface area contributed by atoms with Gasteiger partial charge in [0.25, 0.3) is 5.91 Å². The maximum absolute atomic E-state index is 13.1. The Morgan fingerprint density at radius 1 is 1.42 bits per heavy atom. The molecule has 1 N–H and O–H groups in total. The molecule has 0 aromatic heterocycles. The quantitative estimate of drug-likeness (QED) is 0.903. The van der Waals surface area contributed by atoms with Crippen LogP contribution in [0.2, 0.25) is 0 Å². The number of carbonyl (C=O) groups is 2. The van der Waals surface area contributed by atoms with Gasteiger partial charge in [-0.1, -0.05) is 0 Å². The maximum atomic E-state index is 13.1. The van der Waals surface area contributed by atoms with E-state index in [1.54, 1.807) is 0 Å². The minimum atomic E-state index is -1.05. The molecular formula is C13H13BrFNO3. The first-order valence-electron chi connectivity index (χ1n) is 5.93. The highest BCUT2D eigenvalue weighted by Gasteiger charge is 2.28. The third kappa shape index (κ3) is 3.76. The summed E-state index contributed by atoms with van der Waals surface area (Å²) in [6.07, 6.45) is 2.05. The zero-order valence-corrected chi connectivity index (χ0v) is 11.7. The lowest BCUT2D eigenvalue weighted by molar-refractivity contribution is -0.137. The number of halogens is 2. The number of benzene rings is 1. The molecule has 0 unspecified atom stereocenters. The summed E-state index contributed by atoms with van der Waals surface area (Å²) in [5.41, 5.74) is 0.287. The summed E-state index contributed by atoms with van der Waals surface area (Å²) in [5, 5.41) is 8.85. The molecule has 2 rings (SSSR count). The summed E-state index contributed by atoms with van der Waals surface area (Å²) in [7, 11) is 0. The minimum Gasteiger partial charge on any atom is -0.480 e. The molecule has 6 heteroatoms. The Hall–Kier alpha value is -1.43. The Balaban J connectivity index is 2.16. The first kappa shape index (κ1) is 14.0. The van der Waals surface area contributed by atoms with Gasteiger partial charge in [-0.15, -0.1) is 0 Å². The van der Waals surface area contributed by atoms with Crippen LogP contribution in [-0.2, 0) is 4.79 Å². The number of carboxylic acids is 1. The van der Waals surface area contributed by atoms with Crippen LogP contribution in [0, 0.1) is 11.7 Å². The molecule has 4 nitrogen and oxygen atoms in total. The van der Waals surface area contributed by atoms with E-state index < -0.39 is 11.8 Å². The molecule has 0 radical (unpaired) electrons. The van der Waals surface area contributed by atoms with E-state index in [1.165, 1.54) is 23.1 Å². The number of aliphatic carboxylic acids is 1. The van der Waals surface area contributed by atoms with Gasteiger partial charge in [0.1, 0.15) is 12.4 Å². The fourth-order valence-electron chi connectivity index (χ4n) is 1.81. The van der Waals surface area contributed by atoms with E-state index in [-0.39, 0.29) is 22.5 Å². The van der Waals surface area contributed by atoms with Crippen LogP contribution < -0.4 is 0 Å². The van der Waals surface area contributed by atoms with E-state index in [0.717, 1.165) is 12.8 Å². The number of hydrogen-bond acceptors (Lipinski definition) is 2. The Labute approximate surface area is 118 Å². The minimum absolute atomic E-state index is 0.194. The van der Waals surface area contributed by atoms with Crippen molar-refractivity contribution < 1.29 is 19.1 Å². The predicted octanol–water partition coefficient (Wildman–Crippen LogP) is 2.53. The lowest BCUT2D eigenvalue weighted by atomic mass is 10.2. The van der Waals surface area contributed by atoms with Crippen LogP contribution in [-0.4, -0.2) is 35.0 Å². The molecular weight excluding hydrogens is 317 g/mol. The van der Waals surface area contributed by atoms with Gasteiger partial charge in [-0.05, 0) is 52.9 Å². The van der Waals surface area contributed by atoms with Crippen molar-refractivity contribution in [2.45, 2.75) is 12.8 Å². The summed E-state index contributed by atoms with van der Waals surface area (Å²) in [5.74, 6) is -1.49. The molecule has 1 aromatic rings. The molecule has 0 bridgehead atoms. The van der Waals surface area contributed by atoms with Gasteiger partial charge in [0.15, 0.2) is 0 Å². The zero-order chi connectivity index (χ0) is 14.0. The van der Waals surface area contributed by atoms with Gasteiger partial charge in [0.05, 0.1) is 4.47 Å². The molecule has 0 saturated heterocycles. The Kier molecular flexibility index (Phi) is 4.19.